The maximum atomic E-state index is 13.7. The van der Waals surface area contributed by atoms with E-state index in [2.05, 4.69) is 0 Å². The van der Waals surface area contributed by atoms with Crippen molar-refractivity contribution in [1.29, 1.82) is 0 Å². The predicted molar refractivity (Wildman–Crippen MR) is 251 cm³/mol. The van der Waals surface area contributed by atoms with Gasteiger partial charge in [0.15, 0.2) is 5.75 Å². The summed E-state index contributed by atoms with van der Waals surface area (Å²) in [5, 5.41) is 12.0. The number of fused-ring (bicyclic) bond motifs is 1. The van der Waals surface area contributed by atoms with E-state index in [1.165, 1.54) is 6.07 Å². The lowest BCUT2D eigenvalue weighted by molar-refractivity contribution is -0.385. The fraction of sp³-hybridized carbons (Fsp3) is 0.688. The Kier molecular flexibility index (Phi) is 31.4. The first-order chi connectivity index (χ1) is 33.6. The highest BCUT2D eigenvalue weighted by atomic mass is 16.6. The molecule has 0 aliphatic carbocycles. The summed E-state index contributed by atoms with van der Waals surface area (Å²) in [6.07, 6.45) is -0.0270. The average molecular weight is 983 g/mol. The van der Waals surface area contributed by atoms with Gasteiger partial charge in [-0.3, -0.25) is 24.5 Å². The molecule has 1 aliphatic heterocycles. The lowest BCUT2D eigenvalue weighted by atomic mass is 9.92. The zero-order valence-corrected chi connectivity index (χ0v) is 41.1. The van der Waals surface area contributed by atoms with Crippen molar-refractivity contribution < 1.29 is 85.6 Å². The van der Waals surface area contributed by atoms with Crippen LogP contribution in [0.1, 0.15) is 77.8 Å². The summed E-state index contributed by atoms with van der Waals surface area (Å²) in [7, 11) is 1.64. The van der Waals surface area contributed by atoms with Crippen molar-refractivity contribution >= 4 is 29.2 Å². The number of para-hydroxylation sites is 1. The molecule has 0 N–H and O–H groups in total. The van der Waals surface area contributed by atoms with Crippen LogP contribution in [-0.2, 0) is 66.4 Å². The summed E-state index contributed by atoms with van der Waals surface area (Å²) in [6.45, 7) is 17.6. The third-order valence-electron chi connectivity index (χ3n) is 9.94. The number of nitro groups is 1. The number of esters is 1. The van der Waals surface area contributed by atoms with E-state index < -0.39 is 28.4 Å². The number of ether oxygens (including phenoxy) is 14. The van der Waals surface area contributed by atoms with E-state index in [1.54, 1.807) is 7.11 Å². The third-order valence-corrected chi connectivity index (χ3v) is 9.94. The quantitative estimate of drug-likeness (QED) is 0.0286. The van der Waals surface area contributed by atoms with Gasteiger partial charge in [0.2, 0.25) is 0 Å². The molecule has 69 heavy (non-hydrogen) atoms. The average Bonchev–Trinajstić information content (AvgIpc) is 3.57. The van der Waals surface area contributed by atoms with Crippen molar-refractivity contribution in [1.82, 2.24) is 0 Å². The zero-order chi connectivity index (χ0) is 49.9. The Hall–Kier alpha value is -4.23. The molecule has 390 valence electrons. The van der Waals surface area contributed by atoms with Crippen molar-refractivity contribution in [3.05, 3.63) is 62.7 Å². The van der Waals surface area contributed by atoms with E-state index in [9.17, 15) is 24.5 Å². The second kappa shape index (κ2) is 36.7. The number of methoxy groups -OCH3 is 1. The van der Waals surface area contributed by atoms with Crippen LogP contribution in [0.25, 0.3) is 0 Å². The monoisotopic (exact) mass is 982 g/mol. The van der Waals surface area contributed by atoms with Gasteiger partial charge < -0.3 is 66.3 Å². The van der Waals surface area contributed by atoms with Crippen molar-refractivity contribution in [2.75, 3.05) is 177 Å². The molecule has 21 heteroatoms. The molecule has 0 saturated carbocycles. The molecule has 0 spiro atoms. The maximum absolute atomic E-state index is 13.7. The Morgan fingerprint density at radius 1 is 0.522 bits per heavy atom. The van der Waals surface area contributed by atoms with Gasteiger partial charge in [-0.2, -0.15) is 0 Å². The van der Waals surface area contributed by atoms with E-state index in [1.807, 2.05) is 45.9 Å². The molecule has 0 radical (unpaired) electrons. The number of imide groups is 1. The van der Waals surface area contributed by atoms with Gasteiger partial charge in [-0.15, -0.1) is 0 Å². The summed E-state index contributed by atoms with van der Waals surface area (Å²) >= 11 is 0. The first-order valence-corrected chi connectivity index (χ1v) is 23.5. The molecule has 0 aromatic heterocycles. The lowest BCUT2D eigenvalue weighted by Crippen LogP contribution is -2.31. The summed E-state index contributed by atoms with van der Waals surface area (Å²) in [5.74, 6) is -2.00. The number of nitro benzene ring substituents is 1. The summed E-state index contributed by atoms with van der Waals surface area (Å²) in [4.78, 5) is 52.0. The Balaban J connectivity index is 1.09. The number of hydrogen-bond acceptors (Lipinski definition) is 19. The number of amides is 2. The van der Waals surface area contributed by atoms with Gasteiger partial charge in [0.05, 0.1) is 180 Å². The lowest BCUT2D eigenvalue weighted by Gasteiger charge is -2.25. The molecule has 0 saturated heterocycles. The highest BCUT2D eigenvalue weighted by Crippen LogP contribution is 2.42. The van der Waals surface area contributed by atoms with E-state index >= 15 is 0 Å². The fourth-order valence-electron chi connectivity index (χ4n) is 6.46. The predicted octanol–water partition coefficient (Wildman–Crippen LogP) is 4.78. The molecule has 2 amide bonds. The van der Waals surface area contributed by atoms with Crippen LogP contribution in [0.15, 0.2) is 30.3 Å². The molecule has 3 rings (SSSR count). The van der Waals surface area contributed by atoms with E-state index in [-0.39, 0.29) is 61.6 Å². The number of rotatable bonds is 44. The Labute approximate surface area is 405 Å². The number of anilines is 1. The van der Waals surface area contributed by atoms with Gasteiger partial charge in [0.25, 0.3) is 11.8 Å². The van der Waals surface area contributed by atoms with Crippen molar-refractivity contribution in [2.24, 2.45) is 0 Å². The van der Waals surface area contributed by atoms with Crippen LogP contribution in [0.3, 0.4) is 0 Å². The highest BCUT2D eigenvalue weighted by Gasteiger charge is 2.41. The molecule has 21 nitrogen and oxygen atoms in total. The van der Waals surface area contributed by atoms with E-state index in [4.69, 9.17) is 66.3 Å². The van der Waals surface area contributed by atoms with Gasteiger partial charge in [-0.25, -0.2) is 4.90 Å². The Morgan fingerprint density at radius 2 is 0.870 bits per heavy atom. The van der Waals surface area contributed by atoms with Crippen LogP contribution in [0, 0.1) is 10.1 Å². The van der Waals surface area contributed by atoms with Crippen LogP contribution in [-0.4, -0.2) is 195 Å². The molecule has 0 atom stereocenters. The van der Waals surface area contributed by atoms with Gasteiger partial charge in [-0.05, 0) is 23.0 Å². The van der Waals surface area contributed by atoms with Crippen molar-refractivity contribution in [2.45, 2.75) is 46.0 Å². The topological polar surface area (TPSA) is 227 Å². The van der Waals surface area contributed by atoms with Crippen LogP contribution >= 0.6 is 0 Å². The number of nitrogens with zero attached hydrogens (tertiary/aromatic N) is 2. The van der Waals surface area contributed by atoms with E-state index in [0.717, 1.165) is 22.1 Å². The van der Waals surface area contributed by atoms with E-state index in [0.29, 0.717) is 144 Å². The summed E-state index contributed by atoms with van der Waals surface area (Å²) in [6, 6.07) is 7.91. The minimum Gasteiger partial charge on any atom is -0.483 e. The van der Waals surface area contributed by atoms with Gasteiger partial charge >= 0.3 is 11.7 Å². The minimum atomic E-state index is -0.685. The van der Waals surface area contributed by atoms with Crippen LogP contribution in [0.4, 0.5) is 11.4 Å². The molecule has 1 aliphatic rings. The molecule has 1 heterocycles. The van der Waals surface area contributed by atoms with Gasteiger partial charge in [-0.1, -0.05) is 45.9 Å². The molecule has 2 aromatic rings. The molecular weight excluding hydrogens is 909 g/mol. The Morgan fingerprint density at radius 3 is 1.22 bits per heavy atom. The summed E-state index contributed by atoms with van der Waals surface area (Å²) < 4.78 is 75.7. The number of benzene rings is 2. The highest BCUT2D eigenvalue weighted by molar-refractivity contribution is 6.35. The zero-order valence-electron chi connectivity index (χ0n) is 41.1. The number of hydrogen-bond donors (Lipinski definition) is 0. The van der Waals surface area contributed by atoms with Crippen LogP contribution in [0.5, 0.6) is 5.75 Å². The second-order valence-corrected chi connectivity index (χ2v) is 15.7. The summed E-state index contributed by atoms with van der Waals surface area (Å²) in [5.41, 5.74) is 1.55. The van der Waals surface area contributed by atoms with Crippen LogP contribution in [0.2, 0.25) is 0 Å². The third kappa shape index (κ3) is 23.5. The first kappa shape index (κ1) is 59.1. The number of carbonyl (C=O) groups excluding carboxylic acids is 3. The van der Waals surface area contributed by atoms with Gasteiger partial charge in [0, 0.05) is 19.2 Å². The van der Waals surface area contributed by atoms with Crippen LogP contribution < -0.4 is 9.64 Å². The fourth-order valence-corrected chi connectivity index (χ4v) is 6.46. The van der Waals surface area contributed by atoms with Gasteiger partial charge in [0.1, 0.15) is 13.2 Å². The van der Waals surface area contributed by atoms with Crippen molar-refractivity contribution in [3.8, 4) is 5.75 Å². The Bertz CT molecular complexity index is 1740. The molecule has 0 fully saturated rings. The number of carbonyl (C=O) groups is 3. The minimum absolute atomic E-state index is 0.000913. The van der Waals surface area contributed by atoms with Crippen molar-refractivity contribution in [3.63, 3.8) is 0 Å². The maximum Gasteiger partial charge on any atom is 0.311 e. The molecular formula is C48H74N2O19. The largest absolute Gasteiger partial charge is 0.483 e. The smallest absolute Gasteiger partial charge is 0.311 e. The normalized spacial score (nSPS) is 12.5. The molecule has 0 unspecified atom stereocenters. The first-order valence-electron chi connectivity index (χ1n) is 23.5. The standard InChI is InChI=1S/C48H74N2O19/c1-37(2)39-7-6-8-40(38(3)4)46(39)49-47(52)41-35-43(50(54)55)44(36-42(41)48(49)53)68-33-34-69-45(51)9-10-57-13-14-59-17-18-61-21-22-63-25-26-65-29-30-67-32-31-66-28-27-64-24-23-62-20-19-60-16-15-58-12-11-56-5/h6-8,35-38H,9-34H2,1-5H3. The SMILES string of the molecule is COCCOCCOCCOCCOCCOCCOCCOCCOCCOCCOCCOCCC(=O)OCCOc1cc2c(cc1[N+](=O)[O-])C(=O)N(c1c(C(C)C)cccc1C(C)C)C2=O. The molecule has 0 bridgehead atoms. The second-order valence-electron chi connectivity index (χ2n) is 15.7. The molecule has 2 aromatic carbocycles.